The van der Waals surface area contributed by atoms with Gasteiger partial charge in [-0.2, -0.15) is 0 Å². The molecule has 2 aliphatic rings. The van der Waals surface area contributed by atoms with Gasteiger partial charge in [0.05, 0.1) is 12.7 Å². The lowest BCUT2D eigenvalue weighted by Gasteiger charge is -2.38. The Morgan fingerprint density at radius 3 is 2.26 bits per heavy atom. The van der Waals surface area contributed by atoms with E-state index >= 15 is 0 Å². The van der Waals surface area contributed by atoms with Crippen molar-refractivity contribution in [1.82, 2.24) is 0 Å². The van der Waals surface area contributed by atoms with Crippen LogP contribution in [0.25, 0.3) is 0 Å². The SMILES string of the molecule is OCCC[C@@H]1CO[C@H](c2ccc(C3CCCC3)cc2)[C@H](O)[C@@H]1O. The molecule has 4 atom stereocenters. The lowest BCUT2D eigenvalue weighted by molar-refractivity contribution is -0.168. The van der Waals surface area contributed by atoms with Gasteiger partial charge >= 0.3 is 0 Å². The Labute approximate surface area is 138 Å². The minimum atomic E-state index is -0.912. The zero-order valence-corrected chi connectivity index (χ0v) is 13.6. The van der Waals surface area contributed by atoms with Gasteiger partial charge < -0.3 is 20.1 Å². The molecule has 1 heterocycles. The monoisotopic (exact) mass is 320 g/mol. The van der Waals surface area contributed by atoms with Crippen molar-refractivity contribution in [3.63, 3.8) is 0 Å². The largest absolute Gasteiger partial charge is 0.396 e. The molecule has 23 heavy (non-hydrogen) atoms. The molecule has 3 N–H and O–H groups in total. The van der Waals surface area contributed by atoms with E-state index in [2.05, 4.69) is 12.1 Å². The van der Waals surface area contributed by atoms with Crippen molar-refractivity contribution in [2.45, 2.75) is 62.8 Å². The fraction of sp³-hybridized carbons (Fsp3) is 0.684. The van der Waals surface area contributed by atoms with Gasteiger partial charge in [0.1, 0.15) is 12.2 Å². The van der Waals surface area contributed by atoms with Gasteiger partial charge in [-0.15, -0.1) is 0 Å². The molecule has 2 fully saturated rings. The van der Waals surface area contributed by atoms with Crippen LogP contribution in [0.5, 0.6) is 0 Å². The van der Waals surface area contributed by atoms with E-state index in [-0.39, 0.29) is 12.5 Å². The maximum absolute atomic E-state index is 10.4. The van der Waals surface area contributed by atoms with Gasteiger partial charge in [-0.3, -0.25) is 0 Å². The molecule has 4 nitrogen and oxygen atoms in total. The van der Waals surface area contributed by atoms with Crippen molar-refractivity contribution in [3.8, 4) is 0 Å². The number of aliphatic hydroxyl groups excluding tert-OH is 3. The Morgan fingerprint density at radius 1 is 0.957 bits per heavy atom. The fourth-order valence-electron chi connectivity index (χ4n) is 4.00. The van der Waals surface area contributed by atoms with Gasteiger partial charge in [0.25, 0.3) is 0 Å². The molecule has 0 unspecified atom stereocenters. The molecule has 1 aromatic rings. The topological polar surface area (TPSA) is 69.9 Å². The molecule has 1 aliphatic heterocycles. The van der Waals surface area contributed by atoms with Crippen LogP contribution in [0.1, 0.15) is 61.7 Å². The molecule has 128 valence electrons. The first kappa shape index (κ1) is 16.9. The molecular formula is C19H28O4. The zero-order chi connectivity index (χ0) is 16.2. The van der Waals surface area contributed by atoms with E-state index in [0.29, 0.717) is 25.4 Å². The third-order valence-electron chi connectivity index (χ3n) is 5.46. The quantitative estimate of drug-likeness (QED) is 0.780. The van der Waals surface area contributed by atoms with Gasteiger partial charge in [-0.1, -0.05) is 37.1 Å². The minimum Gasteiger partial charge on any atom is -0.396 e. The van der Waals surface area contributed by atoms with Crippen molar-refractivity contribution in [3.05, 3.63) is 35.4 Å². The molecule has 1 aromatic carbocycles. The number of hydrogen-bond acceptors (Lipinski definition) is 4. The maximum Gasteiger partial charge on any atom is 0.111 e. The van der Waals surface area contributed by atoms with E-state index in [1.807, 2.05) is 12.1 Å². The first-order chi connectivity index (χ1) is 11.2. The summed E-state index contributed by atoms with van der Waals surface area (Å²) in [6.07, 6.45) is 4.30. The summed E-state index contributed by atoms with van der Waals surface area (Å²) in [4.78, 5) is 0. The van der Waals surface area contributed by atoms with Crippen molar-refractivity contribution >= 4 is 0 Å². The summed E-state index contributed by atoms with van der Waals surface area (Å²) in [5, 5.41) is 29.6. The average molecular weight is 320 g/mol. The lowest BCUT2D eigenvalue weighted by atomic mass is 9.86. The highest BCUT2D eigenvalue weighted by Gasteiger charge is 2.38. The highest BCUT2D eigenvalue weighted by molar-refractivity contribution is 5.28. The van der Waals surface area contributed by atoms with Crippen LogP contribution in [-0.2, 0) is 4.74 Å². The van der Waals surface area contributed by atoms with E-state index in [0.717, 1.165) is 5.56 Å². The Hall–Kier alpha value is -0.940. The summed E-state index contributed by atoms with van der Waals surface area (Å²) < 4.78 is 5.83. The van der Waals surface area contributed by atoms with Crippen molar-refractivity contribution in [2.75, 3.05) is 13.2 Å². The summed E-state index contributed by atoms with van der Waals surface area (Å²) in [5.74, 6) is 0.570. The molecular weight excluding hydrogens is 292 g/mol. The van der Waals surface area contributed by atoms with E-state index in [9.17, 15) is 10.2 Å². The smallest absolute Gasteiger partial charge is 0.111 e. The van der Waals surface area contributed by atoms with E-state index in [1.54, 1.807) is 0 Å². The molecule has 0 aromatic heterocycles. The van der Waals surface area contributed by atoms with Crippen molar-refractivity contribution in [1.29, 1.82) is 0 Å². The Bertz CT molecular complexity index is 481. The van der Waals surface area contributed by atoms with Crippen LogP contribution in [0.15, 0.2) is 24.3 Å². The first-order valence-corrected chi connectivity index (χ1v) is 8.89. The Morgan fingerprint density at radius 2 is 1.61 bits per heavy atom. The number of benzene rings is 1. The molecule has 1 saturated carbocycles. The summed E-state index contributed by atoms with van der Waals surface area (Å²) in [7, 11) is 0. The third-order valence-corrected chi connectivity index (χ3v) is 5.46. The standard InChI is InChI=1S/C19H28O4/c20-11-3-6-16-12-23-19(18(22)17(16)21)15-9-7-14(8-10-15)13-4-1-2-5-13/h7-10,13,16-22H,1-6,11-12H2/t16-,17-,18-,19-/m1/s1. The first-order valence-electron chi connectivity index (χ1n) is 8.89. The molecule has 3 rings (SSSR count). The van der Waals surface area contributed by atoms with Crippen molar-refractivity contribution < 1.29 is 20.1 Å². The molecule has 1 aliphatic carbocycles. The van der Waals surface area contributed by atoms with Crippen LogP contribution in [-0.4, -0.2) is 40.7 Å². The van der Waals surface area contributed by atoms with Gasteiger partial charge in [0.2, 0.25) is 0 Å². The summed E-state index contributed by atoms with van der Waals surface area (Å²) >= 11 is 0. The number of rotatable bonds is 5. The summed E-state index contributed by atoms with van der Waals surface area (Å²) in [6.45, 7) is 0.526. The van der Waals surface area contributed by atoms with Crippen LogP contribution >= 0.6 is 0 Å². The van der Waals surface area contributed by atoms with Crippen LogP contribution in [0.2, 0.25) is 0 Å². The second kappa shape index (κ2) is 7.75. The number of hydrogen-bond donors (Lipinski definition) is 3. The highest BCUT2D eigenvalue weighted by atomic mass is 16.5. The second-order valence-corrected chi connectivity index (χ2v) is 7.01. The zero-order valence-electron chi connectivity index (χ0n) is 13.6. The lowest BCUT2D eigenvalue weighted by Crippen LogP contribution is -2.45. The average Bonchev–Trinajstić information content (AvgIpc) is 3.11. The Kier molecular flexibility index (Phi) is 5.70. The maximum atomic E-state index is 10.4. The predicted octanol–water partition coefficient (Wildman–Crippen LogP) is 2.53. The van der Waals surface area contributed by atoms with Gasteiger partial charge in [-0.25, -0.2) is 0 Å². The predicted molar refractivity (Wildman–Crippen MR) is 88.2 cm³/mol. The molecule has 4 heteroatoms. The molecule has 1 saturated heterocycles. The van der Waals surface area contributed by atoms with Gasteiger partial charge in [0.15, 0.2) is 0 Å². The van der Waals surface area contributed by atoms with E-state index in [4.69, 9.17) is 9.84 Å². The van der Waals surface area contributed by atoms with Crippen LogP contribution < -0.4 is 0 Å². The molecule has 0 radical (unpaired) electrons. The highest BCUT2D eigenvalue weighted by Crippen LogP contribution is 2.36. The molecule has 0 amide bonds. The third kappa shape index (κ3) is 3.77. The van der Waals surface area contributed by atoms with E-state index in [1.165, 1.54) is 31.2 Å². The van der Waals surface area contributed by atoms with Crippen molar-refractivity contribution in [2.24, 2.45) is 5.92 Å². The normalized spacial score (nSPS) is 32.3. The minimum absolute atomic E-state index is 0.103. The number of ether oxygens (including phenoxy) is 1. The summed E-state index contributed by atoms with van der Waals surface area (Å²) in [5.41, 5.74) is 2.30. The Balaban J connectivity index is 1.65. The second-order valence-electron chi connectivity index (χ2n) is 7.01. The fourth-order valence-corrected chi connectivity index (χ4v) is 4.00. The van der Waals surface area contributed by atoms with Crippen LogP contribution in [0.4, 0.5) is 0 Å². The number of aliphatic hydroxyl groups is 3. The molecule has 0 spiro atoms. The molecule has 0 bridgehead atoms. The summed E-state index contributed by atoms with van der Waals surface area (Å²) in [6, 6.07) is 8.35. The van der Waals surface area contributed by atoms with Crippen LogP contribution in [0.3, 0.4) is 0 Å². The van der Waals surface area contributed by atoms with Gasteiger partial charge in [0, 0.05) is 12.5 Å². The van der Waals surface area contributed by atoms with E-state index < -0.39 is 18.3 Å². The van der Waals surface area contributed by atoms with Gasteiger partial charge in [-0.05, 0) is 42.7 Å². The van der Waals surface area contributed by atoms with Crippen LogP contribution in [0, 0.1) is 5.92 Å².